The maximum absolute atomic E-state index is 5.19. The van der Waals surface area contributed by atoms with E-state index in [-0.39, 0.29) is 0 Å². The van der Waals surface area contributed by atoms with Gasteiger partial charge in [-0.25, -0.2) is 0 Å². The second-order valence-corrected chi connectivity index (χ2v) is 5.63. The van der Waals surface area contributed by atoms with Crippen LogP contribution in [0.2, 0.25) is 0 Å². The van der Waals surface area contributed by atoms with E-state index in [0.717, 1.165) is 19.0 Å². The highest BCUT2D eigenvalue weighted by atomic mass is 16.3. The predicted octanol–water partition coefficient (Wildman–Crippen LogP) is 3.67. The van der Waals surface area contributed by atoms with Crippen molar-refractivity contribution >= 4 is 0 Å². The molecular weight excluding hydrogens is 234 g/mol. The Bertz CT molecular complexity index is 514. The summed E-state index contributed by atoms with van der Waals surface area (Å²) in [5.41, 5.74) is 4.04. The average molecular weight is 255 g/mol. The van der Waals surface area contributed by atoms with E-state index in [4.69, 9.17) is 4.42 Å². The molecule has 0 spiro atoms. The lowest BCUT2D eigenvalue weighted by molar-refractivity contribution is 0.551. The summed E-state index contributed by atoms with van der Waals surface area (Å²) in [6, 6.07) is 11.7. The molecule has 1 unspecified atom stereocenters. The molecule has 1 aromatic heterocycles. The van der Waals surface area contributed by atoms with E-state index in [0.29, 0.717) is 5.92 Å². The Morgan fingerprint density at radius 2 is 2.21 bits per heavy atom. The van der Waals surface area contributed by atoms with Crippen LogP contribution < -0.4 is 5.32 Å². The maximum Gasteiger partial charge on any atom is 0.0934 e. The van der Waals surface area contributed by atoms with Crippen LogP contribution in [0, 0.1) is 6.92 Å². The Morgan fingerprint density at radius 1 is 1.32 bits per heavy atom. The topological polar surface area (TPSA) is 25.2 Å². The summed E-state index contributed by atoms with van der Waals surface area (Å²) in [5.74, 6) is 0.526. The standard InChI is InChI=1S/C17H21NO/c1-13-3-2-4-15(9-13)16(11-18-17-5-6-17)10-14-7-8-19-12-14/h2-4,7-9,12,16-18H,5-6,10-11H2,1H3. The lowest BCUT2D eigenvalue weighted by Gasteiger charge is -2.18. The van der Waals surface area contributed by atoms with Crippen LogP contribution in [0.3, 0.4) is 0 Å². The van der Waals surface area contributed by atoms with E-state index in [1.54, 1.807) is 6.26 Å². The van der Waals surface area contributed by atoms with E-state index in [1.165, 1.54) is 29.5 Å². The SMILES string of the molecule is Cc1cccc(C(CNC2CC2)Cc2ccoc2)c1. The van der Waals surface area contributed by atoms with Crippen molar-refractivity contribution in [2.45, 2.75) is 38.1 Å². The normalized spacial score (nSPS) is 16.5. The van der Waals surface area contributed by atoms with Crippen LogP contribution in [-0.2, 0) is 6.42 Å². The van der Waals surface area contributed by atoms with Gasteiger partial charge in [0.05, 0.1) is 12.5 Å². The van der Waals surface area contributed by atoms with Gasteiger partial charge in [0.2, 0.25) is 0 Å². The van der Waals surface area contributed by atoms with Crippen molar-refractivity contribution < 1.29 is 4.42 Å². The number of hydrogen-bond donors (Lipinski definition) is 1. The van der Waals surface area contributed by atoms with Gasteiger partial charge in [-0.15, -0.1) is 0 Å². The molecule has 0 saturated heterocycles. The van der Waals surface area contributed by atoms with Gasteiger partial charge < -0.3 is 9.73 Å². The molecule has 0 radical (unpaired) electrons. The first-order valence-electron chi connectivity index (χ1n) is 7.12. The first kappa shape index (κ1) is 12.5. The summed E-state index contributed by atoms with van der Waals surface area (Å²) in [5, 5.41) is 3.66. The molecule has 1 N–H and O–H groups in total. The fraction of sp³-hybridized carbons (Fsp3) is 0.412. The minimum absolute atomic E-state index is 0.526. The highest BCUT2D eigenvalue weighted by Crippen LogP contribution is 2.24. The van der Waals surface area contributed by atoms with Crippen molar-refractivity contribution in [1.82, 2.24) is 5.32 Å². The van der Waals surface area contributed by atoms with E-state index in [2.05, 4.69) is 42.6 Å². The smallest absolute Gasteiger partial charge is 0.0934 e. The zero-order chi connectivity index (χ0) is 13.1. The van der Waals surface area contributed by atoms with Crippen molar-refractivity contribution in [2.75, 3.05) is 6.54 Å². The second kappa shape index (κ2) is 5.62. The number of nitrogens with one attached hydrogen (secondary N) is 1. The predicted molar refractivity (Wildman–Crippen MR) is 77.4 cm³/mol. The molecule has 3 rings (SSSR count). The molecular formula is C17H21NO. The van der Waals surface area contributed by atoms with Gasteiger partial charge in [-0.1, -0.05) is 29.8 Å². The molecule has 1 aliphatic carbocycles. The molecule has 0 amide bonds. The fourth-order valence-corrected chi connectivity index (χ4v) is 2.52. The zero-order valence-electron chi connectivity index (χ0n) is 11.4. The fourth-order valence-electron chi connectivity index (χ4n) is 2.52. The van der Waals surface area contributed by atoms with Crippen LogP contribution in [0.15, 0.2) is 47.3 Å². The van der Waals surface area contributed by atoms with Gasteiger partial charge in [0.25, 0.3) is 0 Å². The second-order valence-electron chi connectivity index (χ2n) is 5.63. The van der Waals surface area contributed by atoms with Gasteiger partial charge in [-0.3, -0.25) is 0 Å². The minimum atomic E-state index is 0.526. The van der Waals surface area contributed by atoms with E-state index < -0.39 is 0 Å². The van der Waals surface area contributed by atoms with Gasteiger partial charge >= 0.3 is 0 Å². The van der Waals surface area contributed by atoms with Crippen molar-refractivity contribution in [1.29, 1.82) is 0 Å². The summed E-state index contributed by atoms with van der Waals surface area (Å²) in [4.78, 5) is 0. The van der Waals surface area contributed by atoms with Crippen molar-refractivity contribution in [3.63, 3.8) is 0 Å². The lowest BCUT2D eigenvalue weighted by atomic mass is 9.92. The molecule has 0 bridgehead atoms. The molecule has 1 fully saturated rings. The molecule has 1 heterocycles. The zero-order valence-corrected chi connectivity index (χ0v) is 11.4. The number of furan rings is 1. The number of aryl methyl sites for hydroxylation is 1. The molecule has 2 nitrogen and oxygen atoms in total. The maximum atomic E-state index is 5.19. The summed E-state index contributed by atoms with van der Waals surface area (Å²) in [6.45, 7) is 3.21. The van der Waals surface area contributed by atoms with Crippen molar-refractivity contribution in [3.8, 4) is 0 Å². The minimum Gasteiger partial charge on any atom is -0.472 e. The van der Waals surface area contributed by atoms with Gasteiger partial charge in [-0.2, -0.15) is 0 Å². The van der Waals surface area contributed by atoms with Crippen LogP contribution >= 0.6 is 0 Å². The van der Waals surface area contributed by atoms with Crippen LogP contribution in [-0.4, -0.2) is 12.6 Å². The van der Waals surface area contributed by atoms with Crippen molar-refractivity contribution in [2.24, 2.45) is 0 Å². The summed E-state index contributed by atoms with van der Waals surface area (Å²) >= 11 is 0. The number of benzene rings is 1. The van der Waals surface area contributed by atoms with Gasteiger partial charge in [0, 0.05) is 18.5 Å². The van der Waals surface area contributed by atoms with Crippen molar-refractivity contribution in [3.05, 3.63) is 59.5 Å². The van der Waals surface area contributed by atoms with Gasteiger partial charge in [0.1, 0.15) is 0 Å². The molecule has 1 aromatic carbocycles. The Balaban J connectivity index is 1.73. The van der Waals surface area contributed by atoms with Gasteiger partial charge in [-0.05, 0) is 43.4 Å². The summed E-state index contributed by atoms with van der Waals surface area (Å²) in [6.07, 6.45) is 7.34. The third kappa shape index (κ3) is 3.48. The molecule has 0 aliphatic heterocycles. The Hall–Kier alpha value is -1.54. The molecule has 1 atom stereocenters. The van der Waals surface area contributed by atoms with Crippen LogP contribution in [0.5, 0.6) is 0 Å². The van der Waals surface area contributed by atoms with E-state index >= 15 is 0 Å². The Kier molecular flexibility index (Phi) is 3.69. The monoisotopic (exact) mass is 255 g/mol. The molecule has 1 aliphatic rings. The highest BCUT2D eigenvalue weighted by Gasteiger charge is 2.22. The average Bonchev–Trinajstić information content (AvgIpc) is 3.10. The molecule has 19 heavy (non-hydrogen) atoms. The summed E-state index contributed by atoms with van der Waals surface area (Å²) < 4.78 is 5.19. The quantitative estimate of drug-likeness (QED) is 0.852. The molecule has 2 heteroatoms. The summed E-state index contributed by atoms with van der Waals surface area (Å²) in [7, 11) is 0. The molecule has 2 aromatic rings. The number of rotatable bonds is 6. The van der Waals surface area contributed by atoms with Crippen LogP contribution in [0.25, 0.3) is 0 Å². The number of hydrogen-bond acceptors (Lipinski definition) is 2. The van der Waals surface area contributed by atoms with E-state index in [1.807, 2.05) is 6.26 Å². The lowest BCUT2D eigenvalue weighted by Crippen LogP contribution is -2.24. The van der Waals surface area contributed by atoms with Crippen LogP contribution in [0.4, 0.5) is 0 Å². The Labute approximate surface area is 114 Å². The Morgan fingerprint density at radius 3 is 2.89 bits per heavy atom. The third-order valence-corrected chi connectivity index (χ3v) is 3.81. The molecule has 100 valence electrons. The largest absolute Gasteiger partial charge is 0.472 e. The van der Waals surface area contributed by atoms with Crippen LogP contribution in [0.1, 0.15) is 35.4 Å². The van der Waals surface area contributed by atoms with E-state index in [9.17, 15) is 0 Å². The first-order valence-corrected chi connectivity index (χ1v) is 7.12. The molecule has 1 saturated carbocycles. The highest BCUT2D eigenvalue weighted by molar-refractivity contribution is 5.27. The van der Waals surface area contributed by atoms with Gasteiger partial charge in [0.15, 0.2) is 0 Å². The third-order valence-electron chi connectivity index (χ3n) is 3.81. The first-order chi connectivity index (χ1) is 9.31.